The standard InChI is InChI=1S/C16H18FN5O/c1-11(7-10-21-9-4-8-18-21)19-16(23)14-15(17)22-12(2)5-3-6-13(22)20-14/h3-6,8-9,11H,7,10H2,1-2H3,(H,19,23)/t11-/m1/s1. The summed E-state index contributed by atoms with van der Waals surface area (Å²) in [7, 11) is 0. The Hall–Kier alpha value is -2.70. The molecule has 1 atom stereocenters. The molecule has 3 aromatic heterocycles. The number of aryl methyl sites for hydroxylation is 2. The van der Waals surface area contributed by atoms with Gasteiger partial charge in [0, 0.05) is 30.7 Å². The predicted octanol–water partition coefficient (Wildman–Crippen LogP) is 2.19. The Labute approximate surface area is 133 Å². The van der Waals surface area contributed by atoms with Crippen molar-refractivity contribution in [3.63, 3.8) is 0 Å². The predicted molar refractivity (Wildman–Crippen MR) is 83.7 cm³/mol. The summed E-state index contributed by atoms with van der Waals surface area (Å²) >= 11 is 0. The number of aromatic nitrogens is 4. The van der Waals surface area contributed by atoms with E-state index in [1.165, 1.54) is 4.40 Å². The van der Waals surface area contributed by atoms with Gasteiger partial charge in [-0.15, -0.1) is 0 Å². The Morgan fingerprint density at radius 3 is 2.91 bits per heavy atom. The second kappa shape index (κ2) is 6.20. The number of carbonyl (C=O) groups is 1. The molecule has 3 aromatic rings. The van der Waals surface area contributed by atoms with Gasteiger partial charge in [-0.2, -0.15) is 9.49 Å². The van der Waals surface area contributed by atoms with Gasteiger partial charge in [-0.25, -0.2) is 4.98 Å². The van der Waals surface area contributed by atoms with Crippen LogP contribution in [0.2, 0.25) is 0 Å². The lowest BCUT2D eigenvalue weighted by molar-refractivity contribution is 0.0928. The maximum Gasteiger partial charge on any atom is 0.274 e. The number of imidazole rings is 1. The summed E-state index contributed by atoms with van der Waals surface area (Å²) in [5.41, 5.74) is 0.945. The van der Waals surface area contributed by atoms with Crippen molar-refractivity contribution in [2.24, 2.45) is 0 Å². The van der Waals surface area contributed by atoms with Gasteiger partial charge in [-0.1, -0.05) is 6.07 Å². The Kier molecular flexibility index (Phi) is 4.10. The van der Waals surface area contributed by atoms with Gasteiger partial charge in [0.25, 0.3) is 5.91 Å². The molecule has 0 aliphatic rings. The first kappa shape index (κ1) is 15.2. The van der Waals surface area contributed by atoms with Crippen LogP contribution in [0.25, 0.3) is 5.65 Å². The fraction of sp³-hybridized carbons (Fsp3) is 0.312. The van der Waals surface area contributed by atoms with Gasteiger partial charge in [0.15, 0.2) is 5.69 Å². The van der Waals surface area contributed by atoms with E-state index in [4.69, 9.17) is 0 Å². The van der Waals surface area contributed by atoms with Crippen LogP contribution < -0.4 is 5.32 Å². The topological polar surface area (TPSA) is 64.2 Å². The van der Waals surface area contributed by atoms with Crippen molar-refractivity contribution in [3.8, 4) is 0 Å². The van der Waals surface area contributed by atoms with Crippen molar-refractivity contribution in [2.45, 2.75) is 32.9 Å². The number of pyridine rings is 1. The van der Waals surface area contributed by atoms with Crippen LogP contribution >= 0.6 is 0 Å². The first-order valence-electron chi connectivity index (χ1n) is 7.48. The molecule has 0 radical (unpaired) electrons. The number of fused-ring (bicyclic) bond motifs is 1. The third kappa shape index (κ3) is 3.08. The van der Waals surface area contributed by atoms with Crippen LogP contribution in [0.4, 0.5) is 4.39 Å². The maximum absolute atomic E-state index is 14.4. The highest BCUT2D eigenvalue weighted by Gasteiger charge is 2.21. The van der Waals surface area contributed by atoms with Gasteiger partial charge in [0.2, 0.25) is 5.95 Å². The SMILES string of the molecule is Cc1cccc2nc(C(=O)N[C@H](C)CCn3cccn3)c(F)n12. The number of nitrogens with one attached hydrogen (secondary N) is 1. The molecule has 0 saturated carbocycles. The molecule has 0 spiro atoms. The van der Waals surface area contributed by atoms with E-state index >= 15 is 0 Å². The average Bonchev–Trinajstić information content (AvgIpc) is 3.14. The first-order chi connectivity index (χ1) is 11.1. The number of nitrogens with zero attached hydrogens (tertiary/aromatic N) is 4. The van der Waals surface area contributed by atoms with Crippen LogP contribution in [0.1, 0.15) is 29.5 Å². The molecule has 3 rings (SSSR count). The lowest BCUT2D eigenvalue weighted by Gasteiger charge is -2.12. The lowest BCUT2D eigenvalue weighted by atomic mass is 10.2. The van der Waals surface area contributed by atoms with E-state index in [-0.39, 0.29) is 11.7 Å². The summed E-state index contributed by atoms with van der Waals surface area (Å²) in [5, 5.41) is 6.89. The van der Waals surface area contributed by atoms with Gasteiger partial charge in [-0.3, -0.25) is 13.9 Å². The molecule has 1 N–H and O–H groups in total. The smallest absolute Gasteiger partial charge is 0.274 e. The van der Waals surface area contributed by atoms with E-state index in [1.807, 2.05) is 19.2 Å². The Morgan fingerprint density at radius 2 is 2.22 bits per heavy atom. The van der Waals surface area contributed by atoms with Crippen molar-refractivity contribution >= 4 is 11.6 Å². The highest BCUT2D eigenvalue weighted by Crippen LogP contribution is 2.14. The highest BCUT2D eigenvalue weighted by molar-refractivity contribution is 5.93. The van der Waals surface area contributed by atoms with Crippen LogP contribution in [-0.2, 0) is 6.54 Å². The second-order valence-electron chi connectivity index (χ2n) is 5.54. The zero-order valence-electron chi connectivity index (χ0n) is 13.0. The number of hydrogen-bond donors (Lipinski definition) is 1. The highest BCUT2D eigenvalue weighted by atomic mass is 19.1. The monoisotopic (exact) mass is 315 g/mol. The molecule has 1 amide bonds. The molecule has 23 heavy (non-hydrogen) atoms. The quantitative estimate of drug-likeness (QED) is 0.785. The minimum absolute atomic E-state index is 0.114. The molecule has 0 aliphatic heterocycles. The van der Waals surface area contributed by atoms with E-state index in [9.17, 15) is 9.18 Å². The molecule has 6 nitrogen and oxygen atoms in total. The molecule has 0 aliphatic carbocycles. The number of rotatable bonds is 5. The zero-order chi connectivity index (χ0) is 16.4. The number of hydrogen-bond acceptors (Lipinski definition) is 3. The van der Waals surface area contributed by atoms with Crippen molar-refractivity contribution in [1.29, 1.82) is 0 Å². The van der Waals surface area contributed by atoms with Crippen molar-refractivity contribution in [2.75, 3.05) is 0 Å². The summed E-state index contributed by atoms with van der Waals surface area (Å²) in [6.07, 6.45) is 4.26. The largest absolute Gasteiger partial charge is 0.348 e. The summed E-state index contributed by atoms with van der Waals surface area (Å²) < 4.78 is 17.6. The maximum atomic E-state index is 14.4. The fourth-order valence-corrected chi connectivity index (χ4v) is 2.48. The van der Waals surface area contributed by atoms with Crippen molar-refractivity contribution in [1.82, 2.24) is 24.5 Å². The molecule has 0 unspecified atom stereocenters. The zero-order valence-corrected chi connectivity index (χ0v) is 13.0. The third-order valence-corrected chi connectivity index (χ3v) is 3.73. The molecule has 0 bridgehead atoms. The summed E-state index contributed by atoms with van der Waals surface area (Å²) in [6.45, 7) is 4.33. The molecular weight excluding hydrogens is 297 g/mol. The third-order valence-electron chi connectivity index (χ3n) is 3.73. The van der Waals surface area contributed by atoms with E-state index in [0.29, 0.717) is 24.3 Å². The van der Waals surface area contributed by atoms with Crippen LogP contribution in [0.15, 0.2) is 36.7 Å². The van der Waals surface area contributed by atoms with Crippen LogP contribution in [0.3, 0.4) is 0 Å². The Morgan fingerprint density at radius 1 is 1.39 bits per heavy atom. The summed E-state index contributed by atoms with van der Waals surface area (Å²) in [4.78, 5) is 16.4. The second-order valence-corrected chi connectivity index (χ2v) is 5.54. The molecule has 0 aromatic carbocycles. The molecular formula is C16H18FN5O. The normalized spacial score (nSPS) is 12.5. The fourth-order valence-electron chi connectivity index (χ4n) is 2.48. The van der Waals surface area contributed by atoms with Crippen LogP contribution in [0.5, 0.6) is 0 Å². The minimum atomic E-state index is -0.630. The van der Waals surface area contributed by atoms with Crippen LogP contribution in [-0.4, -0.2) is 31.1 Å². The number of carbonyl (C=O) groups excluding carboxylic acids is 1. The van der Waals surface area contributed by atoms with E-state index < -0.39 is 11.9 Å². The molecule has 0 saturated heterocycles. The van der Waals surface area contributed by atoms with Crippen LogP contribution in [0, 0.1) is 12.9 Å². The number of amides is 1. The lowest BCUT2D eigenvalue weighted by Crippen LogP contribution is -2.34. The van der Waals surface area contributed by atoms with E-state index in [0.717, 1.165) is 0 Å². The summed E-state index contributed by atoms with van der Waals surface area (Å²) in [5.74, 6) is -1.13. The van der Waals surface area contributed by atoms with Gasteiger partial charge >= 0.3 is 0 Å². The molecule has 7 heteroatoms. The Bertz CT molecular complexity index is 824. The molecule has 0 fully saturated rings. The van der Waals surface area contributed by atoms with Gasteiger partial charge < -0.3 is 5.32 Å². The molecule has 3 heterocycles. The van der Waals surface area contributed by atoms with E-state index in [2.05, 4.69) is 15.4 Å². The van der Waals surface area contributed by atoms with Gasteiger partial charge in [0.1, 0.15) is 5.65 Å². The number of halogens is 1. The van der Waals surface area contributed by atoms with Crippen molar-refractivity contribution in [3.05, 3.63) is 54.0 Å². The van der Waals surface area contributed by atoms with Crippen molar-refractivity contribution < 1.29 is 9.18 Å². The minimum Gasteiger partial charge on any atom is -0.348 e. The molecule has 120 valence electrons. The average molecular weight is 315 g/mol. The van der Waals surface area contributed by atoms with Gasteiger partial charge in [-0.05, 0) is 38.5 Å². The Balaban J connectivity index is 1.70. The van der Waals surface area contributed by atoms with E-state index in [1.54, 1.807) is 36.0 Å². The first-order valence-corrected chi connectivity index (χ1v) is 7.48. The summed E-state index contributed by atoms with van der Waals surface area (Å²) in [6, 6.07) is 6.96. The van der Waals surface area contributed by atoms with Gasteiger partial charge in [0.05, 0.1) is 0 Å².